The van der Waals surface area contributed by atoms with Crippen molar-refractivity contribution in [1.29, 1.82) is 0 Å². The van der Waals surface area contributed by atoms with Gasteiger partial charge in [-0.25, -0.2) is 0 Å². The Kier molecular flexibility index (Phi) is 1.44. The Morgan fingerprint density at radius 1 is 1.38 bits per heavy atom. The topological polar surface area (TPSA) is 49.3 Å². The molecule has 0 heterocycles. The minimum absolute atomic E-state index is 0.0454. The molecule has 0 saturated heterocycles. The summed E-state index contributed by atoms with van der Waals surface area (Å²) in [7, 11) is 0. The van der Waals surface area contributed by atoms with Crippen LogP contribution >= 0.6 is 0 Å². The predicted octanol–water partition coefficient (Wildman–Crippen LogP) is 0.816. The van der Waals surface area contributed by atoms with E-state index in [0.717, 1.165) is 19.3 Å². The fourth-order valence-corrected chi connectivity index (χ4v) is 2.94. The quantitative estimate of drug-likeness (QED) is 0.665. The molecule has 0 unspecified atom stereocenters. The molecule has 3 aliphatic rings. The maximum Gasteiger partial charge on any atom is 0.217 e. The van der Waals surface area contributed by atoms with Crippen LogP contribution in [0.15, 0.2) is 0 Å². The third-order valence-corrected chi connectivity index (χ3v) is 3.77. The molecule has 74 valence electrons. The molecular formula is C10H17NO2. The molecule has 3 heteroatoms. The average molecular weight is 183 g/mol. The Hall–Kier alpha value is -0.570. The summed E-state index contributed by atoms with van der Waals surface area (Å²) in [5.41, 5.74) is -0.450. The second-order valence-electron chi connectivity index (χ2n) is 5.33. The molecule has 13 heavy (non-hydrogen) atoms. The highest BCUT2D eigenvalue weighted by molar-refractivity contribution is 5.74. The van der Waals surface area contributed by atoms with Crippen molar-refractivity contribution >= 4 is 5.91 Å². The van der Waals surface area contributed by atoms with Crippen molar-refractivity contribution in [2.75, 3.05) is 0 Å². The summed E-state index contributed by atoms with van der Waals surface area (Å²) in [6, 6.07) is 0. The van der Waals surface area contributed by atoms with E-state index < -0.39 is 5.60 Å². The van der Waals surface area contributed by atoms with Gasteiger partial charge in [0.05, 0.1) is 5.60 Å². The standard InChI is InChI=1S/C10H17NO2/c1-7(12)11-10-4-9(5-10,6-10)8(2,3)13/h13H,4-6H2,1-3H3,(H,11,12). The van der Waals surface area contributed by atoms with Gasteiger partial charge < -0.3 is 10.4 Å². The number of hydrogen-bond acceptors (Lipinski definition) is 2. The lowest BCUT2D eigenvalue weighted by Gasteiger charge is -2.74. The molecular weight excluding hydrogens is 166 g/mol. The lowest BCUT2D eigenvalue weighted by molar-refractivity contribution is -0.250. The number of carbonyl (C=O) groups is 1. The van der Waals surface area contributed by atoms with E-state index in [1.165, 1.54) is 0 Å². The fraction of sp³-hybridized carbons (Fsp3) is 0.900. The van der Waals surface area contributed by atoms with E-state index in [2.05, 4.69) is 5.32 Å². The molecule has 0 aromatic heterocycles. The first-order valence-corrected chi connectivity index (χ1v) is 4.80. The summed E-state index contributed by atoms with van der Waals surface area (Å²) in [5.74, 6) is 0.0454. The molecule has 1 amide bonds. The van der Waals surface area contributed by atoms with Crippen LogP contribution in [-0.4, -0.2) is 22.2 Å². The van der Waals surface area contributed by atoms with E-state index in [-0.39, 0.29) is 16.9 Å². The Bertz CT molecular complexity index is 245. The summed E-state index contributed by atoms with van der Waals surface area (Å²) in [6.07, 6.45) is 2.84. The zero-order valence-electron chi connectivity index (χ0n) is 8.48. The van der Waals surface area contributed by atoms with Crippen LogP contribution in [0.25, 0.3) is 0 Å². The second kappa shape index (κ2) is 2.08. The van der Waals surface area contributed by atoms with E-state index in [4.69, 9.17) is 0 Å². The van der Waals surface area contributed by atoms with Gasteiger partial charge in [-0.05, 0) is 33.1 Å². The predicted molar refractivity (Wildman–Crippen MR) is 49.1 cm³/mol. The molecule has 0 radical (unpaired) electrons. The van der Waals surface area contributed by atoms with Crippen molar-refractivity contribution in [2.45, 2.75) is 51.2 Å². The van der Waals surface area contributed by atoms with Crippen molar-refractivity contribution in [3.63, 3.8) is 0 Å². The van der Waals surface area contributed by atoms with Crippen LogP contribution in [0.2, 0.25) is 0 Å². The fourth-order valence-electron chi connectivity index (χ4n) is 2.94. The molecule has 3 nitrogen and oxygen atoms in total. The van der Waals surface area contributed by atoms with Gasteiger partial charge in [-0.1, -0.05) is 0 Å². The average Bonchev–Trinajstić information content (AvgIpc) is 1.70. The summed E-state index contributed by atoms with van der Waals surface area (Å²) < 4.78 is 0. The van der Waals surface area contributed by atoms with Crippen LogP contribution in [0, 0.1) is 5.41 Å². The molecule has 0 aromatic rings. The van der Waals surface area contributed by atoms with E-state index in [1.807, 2.05) is 13.8 Å². The van der Waals surface area contributed by atoms with Gasteiger partial charge in [-0.15, -0.1) is 0 Å². The van der Waals surface area contributed by atoms with Crippen molar-refractivity contribution in [1.82, 2.24) is 5.32 Å². The number of carbonyl (C=O) groups excluding carboxylic acids is 1. The smallest absolute Gasteiger partial charge is 0.217 e. The maximum atomic E-state index is 10.9. The van der Waals surface area contributed by atoms with Gasteiger partial charge in [0.1, 0.15) is 0 Å². The number of amides is 1. The first kappa shape index (κ1) is 9.00. The highest BCUT2D eigenvalue weighted by atomic mass is 16.3. The Labute approximate surface area is 78.5 Å². The normalized spacial score (nSPS) is 41.8. The summed E-state index contributed by atoms with van der Waals surface area (Å²) in [5, 5.41) is 12.8. The van der Waals surface area contributed by atoms with Crippen LogP contribution in [-0.2, 0) is 4.79 Å². The minimum atomic E-state index is -0.590. The largest absolute Gasteiger partial charge is 0.390 e. The van der Waals surface area contributed by atoms with E-state index in [1.54, 1.807) is 6.92 Å². The van der Waals surface area contributed by atoms with Gasteiger partial charge in [0, 0.05) is 17.9 Å². The van der Waals surface area contributed by atoms with Gasteiger partial charge in [0.15, 0.2) is 0 Å². The Morgan fingerprint density at radius 3 is 2.15 bits per heavy atom. The molecule has 0 aliphatic heterocycles. The second-order valence-corrected chi connectivity index (χ2v) is 5.33. The number of hydrogen-bond donors (Lipinski definition) is 2. The molecule has 3 aliphatic carbocycles. The van der Waals surface area contributed by atoms with Crippen LogP contribution in [0.5, 0.6) is 0 Å². The van der Waals surface area contributed by atoms with Crippen molar-refractivity contribution in [3.8, 4) is 0 Å². The Balaban J connectivity index is 1.97. The van der Waals surface area contributed by atoms with Gasteiger partial charge >= 0.3 is 0 Å². The van der Waals surface area contributed by atoms with Crippen LogP contribution < -0.4 is 5.32 Å². The lowest BCUT2D eigenvalue weighted by atomic mass is 9.35. The van der Waals surface area contributed by atoms with Crippen LogP contribution in [0.3, 0.4) is 0 Å². The molecule has 2 bridgehead atoms. The molecule has 0 spiro atoms. The van der Waals surface area contributed by atoms with Crippen molar-refractivity contribution in [2.24, 2.45) is 5.41 Å². The van der Waals surface area contributed by atoms with Gasteiger partial charge in [0.2, 0.25) is 5.91 Å². The highest BCUT2D eigenvalue weighted by Crippen LogP contribution is 2.71. The van der Waals surface area contributed by atoms with E-state index in [9.17, 15) is 9.90 Å². The molecule has 0 aromatic carbocycles. The van der Waals surface area contributed by atoms with Gasteiger partial charge in [-0.3, -0.25) is 4.79 Å². The summed E-state index contributed by atoms with van der Waals surface area (Å²) in [6.45, 7) is 5.28. The summed E-state index contributed by atoms with van der Waals surface area (Å²) in [4.78, 5) is 10.9. The number of rotatable bonds is 2. The van der Waals surface area contributed by atoms with Crippen LogP contribution in [0.4, 0.5) is 0 Å². The molecule has 2 N–H and O–H groups in total. The monoisotopic (exact) mass is 183 g/mol. The highest BCUT2D eigenvalue weighted by Gasteiger charge is 2.73. The summed E-state index contributed by atoms with van der Waals surface area (Å²) >= 11 is 0. The number of nitrogens with one attached hydrogen (secondary N) is 1. The zero-order valence-corrected chi connectivity index (χ0v) is 8.48. The first-order valence-electron chi connectivity index (χ1n) is 4.80. The third-order valence-electron chi connectivity index (χ3n) is 3.77. The first-order chi connectivity index (χ1) is 5.79. The molecule has 3 fully saturated rings. The molecule has 3 saturated carbocycles. The molecule has 3 rings (SSSR count). The Morgan fingerprint density at radius 2 is 1.85 bits per heavy atom. The van der Waals surface area contributed by atoms with Gasteiger partial charge in [0.25, 0.3) is 0 Å². The van der Waals surface area contributed by atoms with Crippen LogP contribution in [0.1, 0.15) is 40.0 Å². The van der Waals surface area contributed by atoms with Gasteiger partial charge in [-0.2, -0.15) is 0 Å². The maximum absolute atomic E-state index is 10.9. The zero-order chi connectivity index (χ0) is 9.91. The van der Waals surface area contributed by atoms with Crippen molar-refractivity contribution in [3.05, 3.63) is 0 Å². The van der Waals surface area contributed by atoms with E-state index >= 15 is 0 Å². The molecule has 0 atom stereocenters. The van der Waals surface area contributed by atoms with E-state index in [0.29, 0.717) is 0 Å². The minimum Gasteiger partial charge on any atom is -0.390 e. The lowest BCUT2D eigenvalue weighted by Crippen LogP contribution is -2.79. The number of aliphatic hydroxyl groups is 1. The van der Waals surface area contributed by atoms with Crippen molar-refractivity contribution < 1.29 is 9.90 Å². The SMILES string of the molecule is CC(=O)NC12CC(C(C)(C)O)(C1)C2. The third kappa shape index (κ3) is 1.03.